The van der Waals surface area contributed by atoms with E-state index in [1.54, 1.807) is 4.90 Å². The zero-order valence-electron chi connectivity index (χ0n) is 13.0. The second-order valence-corrected chi connectivity index (χ2v) is 7.09. The minimum absolute atomic E-state index is 0.0189. The molecule has 2 fully saturated rings. The Balaban J connectivity index is 1.38. The second-order valence-electron chi connectivity index (χ2n) is 6.14. The minimum Gasteiger partial charge on any atom is -0.475 e. The second kappa shape index (κ2) is 6.14. The largest absolute Gasteiger partial charge is 0.475 e. The quantitative estimate of drug-likeness (QED) is 0.852. The van der Waals surface area contributed by atoms with Crippen LogP contribution in [0.4, 0.5) is 4.39 Å². The van der Waals surface area contributed by atoms with Crippen molar-refractivity contribution >= 4 is 17.2 Å². The number of likely N-dealkylation sites (tertiary alicyclic amines) is 1. The Morgan fingerprint density at radius 2 is 2.33 bits per heavy atom. The summed E-state index contributed by atoms with van der Waals surface area (Å²) in [6.45, 7) is 2.10. The summed E-state index contributed by atoms with van der Waals surface area (Å²) in [4.78, 5) is 18.8. The molecular formula is C17H17FN2O3S. The average molecular weight is 348 g/mol. The number of thiophene rings is 1. The molecule has 126 valence electrons. The molecule has 0 bridgehead atoms. The zero-order chi connectivity index (χ0) is 16.6. The maximum absolute atomic E-state index is 13.6. The van der Waals surface area contributed by atoms with Gasteiger partial charge in [0.25, 0.3) is 5.91 Å². The molecule has 0 aromatic carbocycles. The fourth-order valence-electron chi connectivity index (χ4n) is 3.33. The fourth-order valence-corrected chi connectivity index (χ4v) is 4.02. The van der Waals surface area contributed by atoms with Gasteiger partial charge in [0, 0.05) is 18.7 Å². The first-order valence-corrected chi connectivity index (χ1v) is 8.76. The van der Waals surface area contributed by atoms with Gasteiger partial charge in [-0.3, -0.25) is 4.79 Å². The lowest BCUT2D eigenvalue weighted by Crippen LogP contribution is -2.66. The summed E-state index contributed by atoms with van der Waals surface area (Å²) < 4.78 is 25.1. The Morgan fingerprint density at radius 3 is 3.08 bits per heavy atom. The van der Waals surface area contributed by atoms with Crippen molar-refractivity contribution in [2.75, 3.05) is 26.3 Å². The predicted molar refractivity (Wildman–Crippen MR) is 86.7 cm³/mol. The Kier molecular flexibility index (Phi) is 3.97. The van der Waals surface area contributed by atoms with E-state index in [2.05, 4.69) is 4.98 Å². The van der Waals surface area contributed by atoms with Gasteiger partial charge in [-0.1, -0.05) is 6.07 Å². The molecule has 1 spiro atoms. The van der Waals surface area contributed by atoms with Gasteiger partial charge in [-0.2, -0.15) is 0 Å². The van der Waals surface area contributed by atoms with Crippen LogP contribution in [0.3, 0.4) is 0 Å². The highest BCUT2D eigenvalue weighted by atomic mass is 32.1. The van der Waals surface area contributed by atoms with E-state index >= 15 is 0 Å². The lowest BCUT2D eigenvalue weighted by Gasteiger charge is -2.49. The van der Waals surface area contributed by atoms with E-state index in [0.717, 1.165) is 11.3 Å². The Bertz CT molecular complexity index is 731. The first-order valence-electron chi connectivity index (χ1n) is 7.88. The Hall–Kier alpha value is -1.99. The number of hydrogen-bond acceptors (Lipinski definition) is 5. The smallest absolute Gasteiger partial charge is 0.264 e. The van der Waals surface area contributed by atoms with Gasteiger partial charge < -0.3 is 14.4 Å². The van der Waals surface area contributed by atoms with Crippen LogP contribution in [-0.2, 0) is 4.74 Å². The van der Waals surface area contributed by atoms with Crippen molar-refractivity contribution in [2.45, 2.75) is 12.0 Å². The number of rotatable bonds is 4. The van der Waals surface area contributed by atoms with Crippen molar-refractivity contribution in [3.05, 3.63) is 46.5 Å². The van der Waals surface area contributed by atoms with Crippen molar-refractivity contribution in [2.24, 2.45) is 5.92 Å². The van der Waals surface area contributed by atoms with Gasteiger partial charge in [0.2, 0.25) is 5.88 Å². The maximum atomic E-state index is 13.6. The molecule has 7 heteroatoms. The van der Waals surface area contributed by atoms with Crippen molar-refractivity contribution < 1.29 is 18.7 Å². The summed E-state index contributed by atoms with van der Waals surface area (Å²) in [6.07, 6.45) is 2.35. The highest BCUT2D eigenvalue weighted by Crippen LogP contribution is 2.41. The SMILES string of the molecule is O=C(c1cccs1)N1CC2(C1)OCC[C@H]2COc1ncccc1F. The molecular weight excluding hydrogens is 331 g/mol. The van der Waals surface area contributed by atoms with Crippen LogP contribution < -0.4 is 4.74 Å². The highest BCUT2D eigenvalue weighted by molar-refractivity contribution is 7.12. The molecule has 2 saturated heterocycles. The van der Waals surface area contributed by atoms with Gasteiger partial charge in [0.05, 0.1) is 24.6 Å². The van der Waals surface area contributed by atoms with Crippen molar-refractivity contribution in [1.29, 1.82) is 0 Å². The molecule has 0 N–H and O–H groups in total. The number of pyridine rings is 1. The summed E-state index contributed by atoms with van der Waals surface area (Å²) in [7, 11) is 0. The highest BCUT2D eigenvalue weighted by Gasteiger charge is 2.54. The van der Waals surface area contributed by atoms with E-state index in [-0.39, 0.29) is 23.3 Å². The van der Waals surface area contributed by atoms with Gasteiger partial charge >= 0.3 is 0 Å². The standard InChI is InChI=1S/C17H17FN2O3S/c18-13-3-1-6-19-15(13)22-9-12-5-7-23-17(12)10-20(11-17)16(21)14-4-2-8-24-14/h1-4,6,8,12H,5,7,9-11H2/t12-/m0/s1. The van der Waals surface area contributed by atoms with Crippen LogP contribution in [-0.4, -0.2) is 47.7 Å². The Morgan fingerprint density at radius 1 is 1.46 bits per heavy atom. The number of nitrogens with zero attached hydrogens (tertiary/aromatic N) is 2. The normalized spacial score (nSPS) is 21.7. The molecule has 2 aromatic heterocycles. The monoisotopic (exact) mass is 348 g/mol. The van der Waals surface area contributed by atoms with Gasteiger partial charge in [-0.25, -0.2) is 9.37 Å². The number of aromatic nitrogens is 1. The van der Waals surface area contributed by atoms with Crippen LogP contribution >= 0.6 is 11.3 Å². The first-order chi connectivity index (χ1) is 11.7. The molecule has 1 amide bonds. The maximum Gasteiger partial charge on any atom is 0.264 e. The number of ether oxygens (including phenoxy) is 2. The van der Waals surface area contributed by atoms with Crippen molar-refractivity contribution in [3.63, 3.8) is 0 Å². The number of carbonyl (C=O) groups is 1. The van der Waals surface area contributed by atoms with E-state index in [1.807, 2.05) is 17.5 Å². The molecule has 5 nitrogen and oxygen atoms in total. The van der Waals surface area contributed by atoms with Crippen LogP contribution in [0.25, 0.3) is 0 Å². The van der Waals surface area contributed by atoms with E-state index in [1.165, 1.54) is 29.7 Å². The topological polar surface area (TPSA) is 51.7 Å². The van der Waals surface area contributed by atoms with Crippen LogP contribution in [0.5, 0.6) is 5.88 Å². The van der Waals surface area contributed by atoms with Crippen LogP contribution in [0.2, 0.25) is 0 Å². The van der Waals surface area contributed by atoms with Gasteiger partial charge in [-0.05, 0) is 30.0 Å². The fraction of sp³-hybridized carbons (Fsp3) is 0.412. The van der Waals surface area contributed by atoms with Crippen molar-refractivity contribution in [1.82, 2.24) is 9.88 Å². The molecule has 2 aliphatic rings. The number of halogens is 1. The number of carbonyl (C=O) groups excluding carboxylic acids is 1. The van der Waals surface area contributed by atoms with Gasteiger partial charge in [-0.15, -0.1) is 11.3 Å². The molecule has 1 atom stereocenters. The average Bonchev–Trinajstić information content (AvgIpc) is 3.21. The van der Waals surface area contributed by atoms with E-state index in [9.17, 15) is 9.18 Å². The van der Waals surface area contributed by atoms with Crippen LogP contribution in [0.15, 0.2) is 35.8 Å². The molecule has 4 heterocycles. The molecule has 0 aliphatic carbocycles. The number of hydrogen-bond donors (Lipinski definition) is 0. The number of amides is 1. The molecule has 2 aromatic rings. The third-order valence-electron chi connectivity index (χ3n) is 4.68. The molecule has 0 unspecified atom stereocenters. The van der Waals surface area contributed by atoms with E-state index in [0.29, 0.717) is 26.3 Å². The summed E-state index contributed by atoms with van der Waals surface area (Å²) in [6, 6.07) is 6.56. The first kappa shape index (κ1) is 15.5. The van der Waals surface area contributed by atoms with Gasteiger partial charge in [0.1, 0.15) is 5.60 Å². The summed E-state index contributed by atoms with van der Waals surface area (Å²) in [5.74, 6) is -0.271. The molecule has 2 aliphatic heterocycles. The van der Waals surface area contributed by atoms with Gasteiger partial charge in [0.15, 0.2) is 5.82 Å². The van der Waals surface area contributed by atoms with Crippen molar-refractivity contribution in [3.8, 4) is 5.88 Å². The minimum atomic E-state index is -0.464. The third-order valence-corrected chi connectivity index (χ3v) is 5.54. The summed E-state index contributed by atoms with van der Waals surface area (Å²) >= 11 is 1.44. The molecule has 24 heavy (non-hydrogen) atoms. The van der Waals surface area contributed by atoms with E-state index in [4.69, 9.17) is 9.47 Å². The molecule has 0 saturated carbocycles. The zero-order valence-corrected chi connectivity index (χ0v) is 13.8. The summed E-state index contributed by atoms with van der Waals surface area (Å²) in [5, 5.41) is 1.90. The van der Waals surface area contributed by atoms with Crippen LogP contribution in [0.1, 0.15) is 16.1 Å². The van der Waals surface area contributed by atoms with Crippen LogP contribution in [0, 0.1) is 11.7 Å². The third kappa shape index (κ3) is 2.67. The summed E-state index contributed by atoms with van der Waals surface area (Å²) in [5.41, 5.74) is -0.363. The molecule has 0 radical (unpaired) electrons. The molecule has 4 rings (SSSR count). The Labute approximate surface area is 143 Å². The van der Waals surface area contributed by atoms with E-state index < -0.39 is 5.82 Å². The predicted octanol–water partition coefficient (Wildman–Crippen LogP) is 2.59. The lowest BCUT2D eigenvalue weighted by molar-refractivity contribution is -0.122. The lowest BCUT2D eigenvalue weighted by atomic mass is 9.81.